The molecule has 0 aliphatic carbocycles. The predicted octanol–water partition coefficient (Wildman–Crippen LogP) is 1.52. The van der Waals surface area contributed by atoms with Gasteiger partial charge in [0, 0.05) is 24.2 Å². The van der Waals surface area contributed by atoms with Crippen molar-refractivity contribution in [1.82, 2.24) is 9.88 Å². The van der Waals surface area contributed by atoms with E-state index in [4.69, 9.17) is 4.74 Å². The van der Waals surface area contributed by atoms with E-state index in [1.807, 2.05) is 24.3 Å². The number of aromatic nitrogens is 1. The van der Waals surface area contributed by atoms with E-state index in [0.29, 0.717) is 11.8 Å². The van der Waals surface area contributed by atoms with Gasteiger partial charge in [0.25, 0.3) is 0 Å². The highest BCUT2D eigenvalue weighted by Crippen LogP contribution is 2.42. The van der Waals surface area contributed by atoms with Crippen molar-refractivity contribution in [3.05, 3.63) is 48.7 Å². The third-order valence-electron chi connectivity index (χ3n) is 5.82. The molecule has 0 radical (unpaired) electrons. The van der Waals surface area contributed by atoms with E-state index in [1.165, 1.54) is 6.42 Å². The molecule has 26 heavy (non-hydrogen) atoms. The minimum atomic E-state index is -0.504. The zero-order valence-corrected chi connectivity index (χ0v) is 15.1. The lowest BCUT2D eigenvalue weighted by atomic mass is 9.73. The molecule has 5 rings (SSSR count). The average Bonchev–Trinajstić information content (AvgIpc) is 2.66. The minimum Gasteiger partial charge on any atom is -0.497 e. The fraction of sp³-hybridized carbons (Fsp3) is 0.450. The molecular weight excluding hydrogens is 332 g/mol. The van der Waals surface area contributed by atoms with Crippen molar-refractivity contribution in [3.8, 4) is 5.75 Å². The number of hydrogen-bond donors (Lipinski definition) is 1. The molecule has 3 aliphatic rings. The first-order valence-corrected chi connectivity index (χ1v) is 8.68. The van der Waals surface area contributed by atoms with E-state index in [-0.39, 0.29) is 17.0 Å². The standard InChI is InChI=1S/C20H24N2O2.2H2O/c1-3-13-12-22-9-7-14(13)10-19(22)20(23)16-6-8-21-18-5-4-15(24-2)11-17(16)18;;/h3-6,8,11,13-14,19-20,23H,1,7,9-10,12H2,2H3;2*1H2/t13-,14?,19+,20-;;/m0../s1. The molecule has 5 atom stereocenters. The van der Waals surface area contributed by atoms with Crippen LogP contribution in [-0.2, 0) is 0 Å². The predicted molar refractivity (Wildman–Crippen MR) is 102 cm³/mol. The van der Waals surface area contributed by atoms with E-state index < -0.39 is 6.10 Å². The minimum absolute atomic E-state index is 0. The molecule has 3 aliphatic heterocycles. The van der Waals surface area contributed by atoms with Crippen molar-refractivity contribution in [2.45, 2.75) is 25.0 Å². The van der Waals surface area contributed by atoms with Crippen molar-refractivity contribution in [2.75, 3.05) is 20.2 Å². The molecule has 0 spiro atoms. The Balaban J connectivity index is 0.00000121. The number of piperidine rings is 3. The summed E-state index contributed by atoms with van der Waals surface area (Å²) in [6, 6.07) is 7.96. The number of aliphatic hydroxyl groups excluding tert-OH is 1. The zero-order chi connectivity index (χ0) is 16.7. The summed E-state index contributed by atoms with van der Waals surface area (Å²) in [7, 11) is 1.66. The second-order valence-electron chi connectivity index (χ2n) is 6.97. The molecule has 2 unspecified atom stereocenters. The summed E-state index contributed by atoms with van der Waals surface area (Å²) in [6.07, 6.45) is 5.62. The van der Waals surface area contributed by atoms with Crippen LogP contribution in [-0.4, -0.2) is 52.2 Å². The summed E-state index contributed by atoms with van der Waals surface area (Å²) in [5.74, 6) is 2.01. The SMILES string of the molecule is C=C[C@H]1CN2CCC1C[C@@H]2[C@@H](O)c1ccnc2ccc(OC)cc12.O.O. The average molecular weight is 360 g/mol. The maximum Gasteiger partial charge on any atom is 0.119 e. The Morgan fingerprint density at radius 2 is 2.15 bits per heavy atom. The Morgan fingerprint density at radius 3 is 2.81 bits per heavy atom. The van der Waals surface area contributed by atoms with Crippen molar-refractivity contribution >= 4 is 10.9 Å². The van der Waals surface area contributed by atoms with Crippen LogP contribution >= 0.6 is 0 Å². The number of pyridine rings is 1. The van der Waals surface area contributed by atoms with Crippen LogP contribution in [0.25, 0.3) is 10.9 Å². The number of aliphatic hydroxyl groups is 1. The Morgan fingerprint density at radius 1 is 1.35 bits per heavy atom. The van der Waals surface area contributed by atoms with Gasteiger partial charge < -0.3 is 20.8 Å². The highest BCUT2D eigenvalue weighted by atomic mass is 16.5. The van der Waals surface area contributed by atoms with E-state index in [0.717, 1.165) is 41.7 Å². The molecule has 0 saturated carbocycles. The van der Waals surface area contributed by atoms with Gasteiger partial charge in [-0.1, -0.05) is 6.08 Å². The number of methoxy groups -OCH3 is 1. The molecule has 3 fully saturated rings. The van der Waals surface area contributed by atoms with Gasteiger partial charge in [-0.3, -0.25) is 9.88 Å². The Labute approximate surface area is 153 Å². The quantitative estimate of drug-likeness (QED) is 0.834. The first-order chi connectivity index (χ1) is 11.7. The van der Waals surface area contributed by atoms with Gasteiger partial charge in [-0.25, -0.2) is 0 Å². The van der Waals surface area contributed by atoms with E-state index in [9.17, 15) is 5.11 Å². The lowest BCUT2D eigenvalue weighted by molar-refractivity contribution is -0.0444. The molecule has 1 aromatic heterocycles. The topological polar surface area (TPSA) is 109 Å². The van der Waals surface area contributed by atoms with Crippen LogP contribution in [0.15, 0.2) is 43.1 Å². The van der Waals surface area contributed by atoms with Gasteiger partial charge in [-0.05, 0) is 61.1 Å². The molecule has 4 heterocycles. The molecule has 6 nitrogen and oxygen atoms in total. The summed E-state index contributed by atoms with van der Waals surface area (Å²) in [5.41, 5.74) is 1.85. The normalized spacial score (nSPS) is 27.9. The third kappa shape index (κ3) is 3.33. The van der Waals surface area contributed by atoms with Crippen LogP contribution in [0.5, 0.6) is 5.75 Å². The molecule has 142 valence electrons. The molecule has 3 saturated heterocycles. The fourth-order valence-electron chi connectivity index (χ4n) is 4.44. The fourth-order valence-corrected chi connectivity index (χ4v) is 4.44. The van der Waals surface area contributed by atoms with Crippen LogP contribution in [0.2, 0.25) is 0 Å². The van der Waals surface area contributed by atoms with Gasteiger partial charge in [-0.2, -0.15) is 0 Å². The van der Waals surface area contributed by atoms with Crippen LogP contribution < -0.4 is 4.74 Å². The smallest absolute Gasteiger partial charge is 0.119 e. The molecule has 5 N–H and O–H groups in total. The van der Waals surface area contributed by atoms with Crippen LogP contribution in [0.3, 0.4) is 0 Å². The second-order valence-corrected chi connectivity index (χ2v) is 6.97. The summed E-state index contributed by atoms with van der Waals surface area (Å²) in [4.78, 5) is 6.86. The Kier molecular flexibility index (Phi) is 6.36. The summed E-state index contributed by atoms with van der Waals surface area (Å²) >= 11 is 0. The largest absolute Gasteiger partial charge is 0.497 e. The number of hydrogen-bond acceptors (Lipinski definition) is 4. The number of benzene rings is 1. The van der Waals surface area contributed by atoms with Gasteiger partial charge in [-0.15, -0.1) is 6.58 Å². The number of ether oxygens (including phenoxy) is 1. The molecule has 2 bridgehead atoms. The summed E-state index contributed by atoms with van der Waals surface area (Å²) in [6.45, 7) is 6.07. The second kappa shape index (κ2) is 8.14. The lowest BCUT2D eigenvalue weighted by Gasteiger charge is -2.50. The molecular formula is C20H28N2O4. The Hall–Kier alpha value is -1.99. The number of fused-ring (bicyclic) bond motifs is 4. The van der Waals surface area contributed by atoms with Crippen molar-refractivity contribution in [2.24, 2.45) is 11.8 Å². The maximum absolute atomic E-state index is 11.2. The van der Waals surface area contributed by atoms with Crippen molar-refractivity contribution in [3.63, 3.8) is 0 Å². The first kappa shape index (κ1) is 20.3. The highest BCUT2D eigenvalue weighted by Gasteiger charge is 2.42. The van der Waals surface area contributed by atoms with Gasteiger partial charge in [0.15, 0.2) is 0 Å². The molecule has 0 amide bonds. The van der Waals surface area contributed by atoms with E-state index in [2.05, 4.69) is 22.5 Å². The van der Waals surface area contributed by atoms with Crippen LogP contribution in [0.4, 0.5) is 0 Å². The van der Waals surface area contributed by atoms with Gasteiger partial charge >= 0.3 is 0 Å². The van der Waals surface area contributed by atoms with Crippen molar-refractivity contribution in [1.29, 1.82) is 0 Å². The van der Waals surface area contributed by atoms with Crippen LogP contribution in [0, 0.1) is 11.8 Å². The maximum atomic E-state index is 11.2. The number of nitrogens with zero attached hydrogens (tertiary/aromatic N) is 2. The third-order valence-corrected chi connectivity index (χ3v) is 5.82. The van der Waals surface area contributed by atoms with Gasteiger partial charge in [0.2, 0.25) is 0 Å². The Bertz CT molecular complexity index is 767. The molecule has 6 heteroatoms. The van der Waals surface area contributed by atoms with Crippen LogP contribution in [0.1, 0.15) is 24.5 Å². The monoisotopic (exact) mass is 360 g/mol. The van der Waals surface area contributed by atoms with Gasteiger partial charge in [0.1, 0.15) is 5.75 Å². The summed E-state index contributed by atoms with van der Waals surface area (Å²) in [5, 5.41) is 12.1. The van der Waals surface area contributed by atoms with E-state index in [1.54, 1.807) is 13.3 Å². The molecule has 1 aromatic carbocycles. The molecule has 2 aromatic rings. The summed E-state index contributed by atoms with van der Waals surface area (Å²) < 4.78 is 5.35. The lowest BCUT2D eigenvalue weighted by Crippen LogP contribution is -2.54. The first-order valence-electron chi connectivity index (χ1n) is 8.68. The zero-order valence-electron chi connectivity index (χ0n) is 15.1. The van der Waals surface area contributed by atoms with E-state index >= 15 is 0 Å². The number of rotatable bonds is 4. The van der Waals surface area contributed by atoms with Gasteiger partial charge in [0.05, 0.1) is 18.7 Å². The van der Waals surface area contributed by atoms with Crippen molar-refractivity contribution < 1.29 is 20.8 Å². The highest BCUT2D eigenvalue weighted by molar-refractivity contribution is 5.83.